The number of hydrogen-bond donors (Lipinski definition) is 1. The molecule has 2 saturated heterocycles. The van der Waals surface area contributed by atoms with Gasteiger partial charge in [-0.15, -0.1) is 0 Å². The second-order valence-electron chi connectivity index (χ2n) is 9.28. The van der Waals surface area contributed by atoms with Gasteiger partial charge in [0.25, 0.3) is 5.91 Å². The van der Waals surface area contributed by atoms with Gasteiger partial charge >= 0.3 is 0 Å². The zero-order valence-electron chi connectivity index (χ0n) is 20.0. The minimum absolute atomic E-state index is 0.0788. The molecule has 5 rings (SSSR count). The number of nitrogens with zero attached hydrogens (tertiary/aromatic N) is 5. The first-order valence-electron chi connectivity index (χ1n) is 12.2. The van der Waals surface area contributed by atoms with Gasteiger partial charge in [0.2, 0.25) is 5.95 Å². The first kappa shape index (κ1) is 22.5. The molecule has 3 aromatic rings. The van der Waals surface area contributed by atoms with Crippen molar-refractivity contribution in [1.82, 2.24) is 19.9 Å². The molecule has 1 N–H and O–H groups in total. The van der Waals surface area contributed by atoms with Crippen molar-refractivity contribution in [3.8, 4) is 5.75 Å². The monoisotopic (exact) mass is 460 g/mol. The fourth-order valence-electron chi connectivity index (χ4n) is 4.86. The number of rotatable bonds is 6. The molecule has 0 unspecified atom stereocenters. The normalized spacial score (nSPS) is 17.3. The summed E-state index contributed by atoms with van der Waals surface area (Å²) in [6, 6.07) is 12.0. The number of nitrogens with one attached hydrogen (secondary N) is 1. The molecule has 2 aromatic heterocycles. The molecule has 0 aliphatic carbocycles. The van der Waals surface area contributed by atoms with Gasteiger partial charge in [0.05, 0.1) is 11.2 Å². The van der Waals surface area contributed by atoms with E-state index in [1.807, 2.05) is 44.2 Å². The Kier molecular flexibility index (Phi) is 6.58. The van der Waals surface area contributed by atoms with Crippen LogP contribution < -0.4 is 15.0 Å². The molecule has 34 heavy (non-hydrogen) atoms. The number of carbonyl (C=O) groups excluding carboxylic acids is 1. The van der Waals surface area contributed by atoms with Gasteiger partial charge in [-0.05, 0) is 76.9 Å². The summed E-state index contributed by atoms with van der Waals surface area (Å²) >= 11 is 0. The highest BCUT2D eigenvalue weighted by Gasteiger charge is 2.27. The average Bonchev–Trinajstić information content (AvgIpc) is 3.39. The Morgan fingerprint density at radius 2 is 1.71 bits per heavy atom. The second-order valence-corrected chi connectivity index (χ2v) is 9.28. The van der Waals surface area contributed by atoms with Crippen LogP contribution in [0.1, 0.15) is 36.9 Å². The lowest BCUT2D eigenvalue weighted by molar-refractivity contribution is -0.118. The molecular weight excluding hydrogens is 428 g/mol. The number of benzene rings is 1. The van der Waals surface area contributed by atoms with Crippen molar-refractivity contribution in [2.24, 2.45) is 0 Å². The van der Waals surface area contributed by atoms with Crippen LogP contribution in [0.15, 0.2) is 36.4 Å². The Bertz CT molecular complexity index is 1150. The Balaban J connectivity index is 1.21. The molecular formula is C26H32N6O2. The maximum absolute atomic E-state index is 12.3. The third-order valence-corrected chi connectivity index (χ3v) is 6.77. The van der Waals surface area contributed by atoms with Gasteiger partial charge in [0.15, 0.2) is 6.61 Å². The SMILES string of the molecule is Cc1ccc(OCC(=O)Nc2ccc3nc(N4CCC(N5CCCC5)CC4)nc(C)c3n2)cc1. The Morgan fingerprint density at radius 3 is 2.44 bits per heavy atom. The smallest absolute Gasteiger partial charge is 0.263 e. The summed E-state index contributed by atoms with van der Waals surface area (Å²) in [6.45, 7) is 8.34. The van der Waals surface area contributed by atoms with E-state index in [0.29, 0.717) is 23.1 Å². The van der Waals surface area contributed by atoms with Crippen molar-refractivity contribution in [2.75, 3.05) is 43.0 Å². The zero-order chi connectivity index (χ0) is 23.5. The van der Waals surface area contributed by atoms with Crippen LogP contribution in [0, 0.1) is 13.8 Å². The molecule has 178 valence electrons. The Hall–Kier alpha value is -3.26. The van der Waals surface area contributed by atoms with Gasteiger partial charge in [-0.1, -0.05) is 17.7 Å². The van der Waals surface area contributed by atoms with Gasteiger partial charge in [0, 0.05) is 19.1 Å². The van der Waals surface area contributed by atoms with Crippen molar-refractivity contribution < 1.29 is 9.53 Å². The van der Waals surface area contributed by atoms with Crippen molar-refractivity contribution >= 4 is 28.7 Å². The number of piperidine rings is 1. The van der Waals surface area contributed by atoms with E-state index >= 15 is 0 Å². The predicted octanol–water partition coefficient (Wildman–Crippen LogP) is 3.72. The summed E-state index contributed by atoms with van der Waals surface area (Å²) in [5.41, 5.74) is 3.45. The van der Waals surface area contributed by atoms with E-state index in [0.717, 1.165) is 48.7 Å². The number of fused-ring (bicyclic) bond motifs is 1. The van der Waals surface area contributed by atoms with E-state index in [9.17, 15) is 4.79 Å². The van der Waals surface area contributed by atoms with E-state index in [1.54, 1.807) is 6.07 Å². The molecule has 1 aromatic carbocycles. The summed E-state index contributed by atoms with van der Waals surface area (Å²) in [4.78, 5) is 31.4. The van der Waals surface area contributed by atoms with Crippen LogP contribution in [0.25, 0.3) is 11.0 Å². The fraction of sp³-hybridized carbons (Fsp3) is 0.462. The van der Waals surface area contributed by atoms with Crippen LogP contribution in [0.4, 0.5) is 11.8 Å². The lowest BCUT2D eigenvalue weighted by Crippen LogP contribution is -2.44. The van der Waals surface area contributed by atoms with Crippen molar-refractivity contribution in [1.29, 1.82) is 0 Å². The van der Waals surface area contributed by atoms with E-state index in [-0.39, 0.29) is 12.5 Å². The molecule has 1 amide bonds. The van der Waals surface area contributed by atoms with Gasteiger partial charge < -0.3 is 19.9 Å². The average molecular weight is 461 g/mol. The van der Waals surface area contributed by atoms with Crippen molar-refractivity contribution in [3.63, 3.8) is 0 Å². The Labute approximate surface area is 200 Å². The molecule has 0 atom stereocenters. The number of anilines is 2. The van der Waals surface area contributed by atoms with Crippen LogP contribution in [-0.2, 0) is 4.79 Å². The number of ether oxygens (including phenoxy) is 1. The van der Waals surface area contributed by atoms with Crippen molar-refractivity contribution in [2.45, 2.75) is 45.6 Å². The molecule has 2 aliphatic rings. The number of aromatic nitrogens is 3. The van der Waals surface area contributed by atoms with Crippen LogP contribution in [0.2, 0.25) is 0 Å². The van der Waals surface area contributed by atoms with E-state index < -0.39 is 0 Å². The molecule has 2 aliphatic heterocycles. The van der Waals surface area contributed by atoms with Gasteiger partial charge in [0.1, 0.15) is 17.1 Å². The van der Waals surface area contributed by atoms with Crippen LogP contribution in [-0.4, -0.2) is 64.6 Å². The van der Waals surface area contributed by atoms with Crippen LogP contribution in [0.3, 0.4) is 0 Å². The first-order valence-corrected chi connectivity index (χ1v) is 12.2. The largest absolute Gasteiger partial charge is 0.484 e. The maximum Gasteiger partial charge on any atom is 0.263 e. The predicted molar refractivity (Wildman–Crippen MR) is 133 cm³/mol. The quantitative estimate of drug-likeness (QED) is 0.600. The first-order chi connectivity index (χ1) is 16.5. The lowest BCUT2D eigenvalue weighted by Gasteiger charge is -2.36. The molecule has 4 heterocycles. The van der Waals surface area contributed by atoms with E-state index in [4.69, 9.17) is 14.7 Å². The third-order valence-electron chi connectivity index (χ3n) is 6.77. The highest BCUT2D eigenvalue weighted by molar-refractivity contribution is 5.92. The third kappa shape index (κ3) is 5.12. The Morgan fingerprint density at radius 1 is 0.971 bits per heavy atom. The minimum atomic E-state index is -0.261. The number of carbonyl (C=O) groups is 1. The number of hydrogen-bond acceptors (Lipinski definition) is 7. The maximum atomic E-state index is 12.3. The van der Waals surface area contributed by atoms with Gasteiger partial charge in [-0.3, -0.25) is 4.79 Å². The van der Waals surface area contributed by atoms with Gasteiger partial charge in [-0.25, -0.2) is 15.0 Å². The zero-order valence-corrected chi connectivity index (χ0v) is 20.0. The van der Waals surface area contributed by atoms with Crippen LogP contribution in [0.5, 0.6) is 5.75 Å². The molecule has 0 radical (unpaired) electrons. The fourth-order valence-corrected chi connectivity index (χ4v) is 4.86. The number of aryl methyl sites for hydroxylation is 2. The summed E-state index contributed by atoms with van der Waals surface area (Å²) in [7, 11) is 0. The molecule has 8 nitrogen and oxygen atoms in total. The summed E-state index contributed by atoms with van der Waals surface area (Å²) < 4.78 is 5.56. The molecule has 2 fully saturated rings. The van der Waals surface area contributed by atoms with Crippen molar-refractivity contribution in [3.05, 3.63) is 47.7 Å². The van der Waals surface area contributed by atoms with Crippen LogP contribution >= 0.6 is 0 Å². The highest BCUT2D eigenvalue weighted by atomic mass is 16.5. The highest BCUT2D eigenvalue weighted by Crippen LogP contribution is 2.25. The van der Waals surface area contributed by atoms with Gasteiger partial charge in [-0.2, -0.15) is 0 Å². The number of amides is 1. The summed E-state index contributed by atoms with van der Waals surface area (Å²) in [5.74, 6) is 1.64. The lowest BCUT2D eigenvalue weighted by atomic mass is 10.0. The molecule has 8 heteroatoms. The summed E-state index contributed by atoms with van der Waals surface area (Å²) in [6.07, 6.45) is 4.99. The number of likely N-dealkylation sites (tertiary alicyclic amines) is 1. The topological polar surface area (TPSA) is 83.5 Å². The van der Waals surface area contributed by atoms with E-state index in [1.165, 1.54) is 25.9 Å². The molecule has 0 spiro atoms. The summed E-state index contributed by atoms with van der Waals surface area (Å²) in [5, 5.41) is 2.81. The minimum Gasteiger partial charge on any atom is -0.484 e. The van der Waals surface area contributed by atoms with E-state index in [2.05, 4.69) is 20.1 Å². The second kappa shape index (κ2) is 9.93. The number of pyridine rings is 1. The standard InChI is InChI=1S/C26H32N6O2/c1-18-5-7-21(8-6-18)34-17-24(33)29-23-10-9-22-25(30-23)19(2)27-26(28-22)32-15-11-20(12-16-32)31-13-3-4-14-31/h5-10,20H,3-4,11-17H2,1-2H3,(H,29,30,33). The molecule has 0 saturated carbocycles. The molecule has 0 bridgehead atoms.